The zero-order valence-corrected chi connectivity index (χ0v) is 12.0. The Morgan fingerprint density at radius 1 is 1.50 bits per heavy atom. The Hall–Kier alpha value is -1.99. The number of halogens is 1. The Labute approximate surface area is 123 Å². The molecule has 0 bridgehead atoms. The number of ether oxygens (including phenoxy) is 1. The maximum absolute atomic E-state index is 12.0. The van der Waals surface area contributed by atoms with Crippen molar-refractivity contribution in [3.8, 4) is 0 Å². The van der Waals surface area contributed by atoms with E-state index < -0.39 is 0 Å². The van der Waals surface area contributed by atoms with Crippen LogP contribution in [0.1, 0.15) is 16.1 Å². The van der Waals surface area contributed by atoms with Gasteiger partial charge in [0.05, 0.1) is 29.8 Å². The minimum atomic E-state index is -0.384. The smallest absolute Gasteiger partial charge is 0.311 e. The van der Waals surface area contributed by atoms with Crippen molar-refractivity contribution in [1.29, 1.82) is 0 Å². The standard InChI is InChI=1S/C12H10ClN3O3S/c1-19-10(17)4-7-6-20-12(15-7)16-11(18)8-2-3-14-5-9(8)13/h2-3,5-6H,4H2,1H3,(H,15,16,18). The molecule has 0 aliphatic heterocycles. The van der Waals surface area contributed by atoms with Gasteiger partial charge >= 0.3 is 5.97 Å². The van der Waals surface area contributed by atoms with Crippen molar-refractivity contribution in [2.45, 2.75) is 6.42 Å². The summed E-state index contributed by atoms with van der Waals surface area (Å²) in [6.07, 6.45) is 2.94. The summed E-state index contributed by atoms with van der Waals surface area (Å²) in [5, 5.41) is 4.95. The SMILES string of the molecule is COC(=O)Cc1csc(NC(=O)c2ccncc2Cl)n1. The zero-order valence-electron chi connectivity index (χ0n) is 10.4. The Morgan fingerprint density at radius 3 is 3.00 bits per heavy atom. The van der Waals surface area contributed by atoms with Crippen LogP contribution in [-0.2, 0) is 16.0 Å². The van der Waals surface area contributed by atoms with Crippen molar-refractivity contribution >= 4 is 39.9 Å². The number of esters is 1. The molecule has 2 aromatic heterocycles. The van der Waals surface area contributed by atoms with Crippen molar-refractivity contribution in [1.82, 2.24) is 9.97 Å². The van der Waals surface area contributed by atoms with Gasteiger partial charge < -0.3 is 4.74 Å². The first kappa shape index (κ1) is 14.4. The number of thiazole rings is 1. The molecule has 0 radical (unpaired) electrons. The highest BCUT2D eigenvalue weighted by molar-refractivity contribution is 7.14. The van der Waals surface area contributed by atoms with Gasteiger partial charge in [-0.3, -0.25) is 19.9 Å². The van der Waals surface area contributed by atoms with Gasteiger partial charge in [-0.2, -0.15) is 0 Å². The van der Waals surface area contributed by atoms with Gasteiger partial charge in [-0.05, 0) is 6.07 Å². The summed E-state index contributed by atoms with van der Waals surface area (Å²) in [5.41, 5.74) is 0.851. The van der Waals surface area contributed by atoms with Crippen LogP contribution < -0.4 is 5.32 Å². The van der Waals surface area contributed by atoms with Crippen molar-refractivity contribution in [3.05, 3.63) is 40.1 Å². The molecular formula is C12H10ClN3O3S. The third-order valence-corrected chi connectivity index (χ3v) is 3.45. The molecule has 20 heavy (non-hydrogen) atoms. The molecule has 0 saturated heterocycles. The fraction of sp³-hybridized carbons (Fsp3) is 0.167. The molecular weight excluding hydrogens is 302 g/mol. The van der Waals surface area contributed by atoms with Gasteiger partial charge in [0, 0.05) is 17.8 Å². The lowest BCUT2D eigenvalue weighted by molar-refractivity contribution is -0.139. The highest BCUT2D eigenvalue weighted by Crippen LogP contribution is 2.19. The van der Waals surface area contributed by atoms with Crippen LogP contribution in [0.5, 0.6) is 0 Å². The first-order chi connectivity index (χ1) is 9.60. The summed E-state index contributed by atoms with van der Waals surface area (Å²) >= 11 is 7.10. The normalized spacial score (nSPS) is 10.1. The summed E-state index contributed by atoms with van der Waals surface area (Å²) in [5.74, 6) is -0.762. The predicted molar refractivity (Wildman–Crippen MR) is 75.0 cm³/mol. The number of rotatable bonds is 4. The quantitative estimate of drug-likeness (QED) is 0.875. The number of nitrogens with zero attached hydrogens (tertiary/aromatic N) is 2. The Balaban J connectivity index is 2.05. The largest absolute Gasteiger partial charge is 0.469 e. The maximum Gasteiger partial charge on any atom is 0.311 e. The van der Waals surface area contributed by atoms with E-state index in [4.69, 9.17) is 11.6 Å². The number of aromatic nitrogens is 2. The molecule has 0 aromatic carbocycles. The number of hydrogen-bond donors (Lipinski definition) is 1. The molecule has 0 atom stereocenters. The van der Waals surface area contributed by atoms with Gasteiger partial charge in [0.1, 0.15) is 0 Å². The van der Waals surface area contributed by atoms with E-state index in [9.17, 15) is 9.59 Å². The fourth-order valence-electron chi connectivity index (χ4n) is 1.39. The van der Waals surface area contributed by atoms with Crippen LogP contribution in [0.3, 0.4) is 0 Å². The summed E-state index contributed by atoms with van der Waals surface area (Å²) in [7, 11) is 1.31. The van der Waals surface area contributed by atoms with Crippen molar-refractivity contribution < 1.29 is 14.3 Å². The van der Waals surface area contributed by atoms with E-state index in [1.54, 1.807) is 5.38 Å². The Morgan fingerprint density at radius 2 is 2.30 bits per heavy atom. The van der Waals surface area contributed by atoms with Crippen molar-refractivity contribution in [3.63, 3.8) is 0 Å². The summed E-state index contributed by atoms with van der Waals surface area (Å²) in [6.45, 7) is 0. The lowest BCUT2D eigenvalue weighted by atomic mass is 10.2. The van der Waals surface area contributed by atoms with E-state index in [2.05, 4.69) is 20.0 Å². The average molecular weight is 312 g/mol. The molecule has 6 nitrogen and oxygen atoms in total. The van der Waals surface area contributed by atoms with E-state index in [0.717, 1.165) is 0 Å². The summed E-state index contributed by atoms with van der Waals surface area (Å²) in [4.78, 5) is 31.0. The molecule has 0 aliphatic rings. The number of carbonyl (C=O) groups is 2. The molecule has 0 saturated carbocycles. The van der Waals surface area contributed by atoms with Crippen LogP contribution in [-0.4, -0.2) is 29.0 Å². The molecule has 0 unspecified atom stereocenters. The summed E-state index contributed by atoms with van der Waals surface area (Å²) in [6, 6.07) is 1.51. The van der Waals surface area contributed by atoms with Crippen LogP contribution in [0.25, 0.3) is 0 Å². The zero-order chi connectivity index (χ0) is 14.5. The van der Waals surface area contributed by atoms with E-state index in [1.807, 2.05) is 0 Å². The van der Waals surface area contributed by atoms with Crippen LogP contribution in [0.2, 0.25) is 5.02 Å². The number of carbonyl (C=O) groups excluding carboxylic acids is 2. The van der Waals surface area contributed by atoms with Gasteiger partial charge in [0.15, 0.2) is 5.13 Å². The van der Waals surface area contributed by atoms with Crippen molar-refractivity contribution in [2.75, 3.05) is 12.4 Å². The third-order valence-electron chi connectivity index (χ3n) is 2.34. The number of anilines is 1. The molecule has 0 aliphatic carbocycles. The lowest BCUT2D eigenvalue weighted by Crippen LogP contribution is -2.12. The highest BCUT2D eigenvalue weighted by atomic mass is 35.5. The predicted octanol–water partition coefficient (Wildman–Crippen LogP) is 2.16. The maximum atomic E-state index is 12.0. The molecule has 1 amide bonds. The van der Waals surface area contributed by atoms with Crippen LogP contribution in [0.4, 0.5) is 5.13 Å². The van der Waals surface area contributed by atoms with Gasteiger partial charge in [-0.15, -0.1) is 11.3 Å². The second kappa shape index (κ2) is 6.44. The molecule has 0 fully saturated rings. The minimum Gasteiger partial charge on any atom is -0.469 e. The van der Waals surface area contributed by atoms with Crippen LogP contribution >= 0.6 is 22.9 Å². The second-order valence-corrected chi connectivity index (χ2v) is 4.97. The molecule has 2 aromatic rings. The van der Waals surface area contributed by atoms with Gasteiger partial charge in [-0.1, -0.05) is 11.6 Å². The van der Waals surface area contributed by atoms with Gasteiger partial charge in [-0.25, -0.2) is 4.98 Å². The number of methoxy groups -OCH3 is 1. The molecule has 2 rings (SSSR count). The van der Waals surface area contributed by atoms with Crippen LogP contribution in [0.15, 0.2) is 23.8 Å². The molecule has 2 heterocycles. The van der Waals surface area contributed by atoms with Crippen LogP contribution in [0, 0.1) is 0 Å². The van der Waals surface area contributed by atoms with E-state index >= 15 is 0 Å². The lowest BCUT2D eigenvalue weighted by Gasteiger charge is -2.02. The number of hydrogen-bond acceptors (Lipinski definition) is 6. The summed E-state index contributed by atoms with van der Waals surface area (Å²) < 4.78 is 4.54. The van der Waals surface area contributed by atoms with E-state index in [-0.39, 0.29) is 23.3 Å². The molecule has 8 heteroatoms. The Bertz CT molecular complexity index is 644. The first-order valence-corrected chi connectivity index (χ1v) is 6.78. The first-order valence-electron chi connectivity index (χ1n) is 5.52. The average Bonchev–Trinajstić information content (AvgIpc) is 2.86. The highest BCUT2D eigenvalue weighted by Gasteiger charge is 2.13. The fourth-order valence-corrected chi connectivity index (χ4v) is 2.30. The molecule has 0 spiro atoms. The van der Waals surface area contributed by atoms with Gasteiger partial charge in [0.25, 0.3) is 5.91 Å². The number of amides is 1. The second-order valence-electron chi connectivity index (χ2n) is 3.71. The molecule has 1 N–H and O–H groups in total. The minimum absolute atomic E-state index is 0.0683. The topological polar surface area (TPSA) is 81.2 Å². The Kier molecular flexibility index (Phi) is 4.65. The van der Waals surface area contributed by atoms with Gasteiger partial charge in [0.2, 0.25) is 0 Å². The number of nitrogens with one attached hydrogen (secondary N) is 1. The van der Waals surface area contributed by atoms with E-state index in [1.165, 1.54) is 36.9 Å². The van der Waals surface area contributed by atoms with Crippen molar-refractivity contribution in [2.24, 2.45) is 0 Å². The van der Waals surface area contributed by atoms with E-state index in [0.29, 0.717) is 16.4 Å². The third kappa shape index (κ3) is 3.52. The monoisotopic (exact) mass is 311 g/mol. The molecule has 104 valence electrons. The number of pyridine rings is 1.